The highest BCUT2D eigenvalue weighted by Gasteiger charge is 2.25. The fourth-order valence-corrected chi connectivity index (χ4v) is 2.03. The molecule has 0 aliphatic heterocycles. The molecule has 1 aliphatic carbocycles. The second-order valence-corrected chi connectivity index (χ2v) is 4.93. The normalized spacial score (nSPS) is 14.5. The SMILES string of the molecule is COC(=O)c1cc(NCCN(C)C2CC2)ccc1N. The van der Waals surface area contributed by atoms with Crippen LogP contribution in [0.5, 0.6) is 0 Å². The number of nitrogens with zero attached hydrogens (tertiary/aromatic N) is 1. The summed E-state index contributed by atoms with van der Waals surface area (Å²) in [7, 11) is 3.49. The molecule has 0 bridgehead atoms. The molecule has 1 fully saturated rings. The van der Waals surface area contributed by atoms with Crippen molar-refractivity contribution < 1.29 is 9.53 Å². The summed E-state index contributed by atoms with van der Waals surface area (Å²) in [6.07, 6.45) is 2.62. The molecule has 1 aromatic rings. The van der Waals surface area contributed by atoms with Crippen LogP contribution in [0, 0.1) is 0 Å². The van der Waals surface area contributed by atoms with Crippen molar-refractivity contribution in [1.29, 1.82) is 0 Å². The van der Waals surface area contributed by atoms with Crippen LogP contribution in [0.4, 0.5) is 11.4 Å². The maximum absolute atomic E-state index is 11.5. The molecule has 0 amide bonds. The fraction of sp³-hybridized carbons (Fsp3) is 0.500. The van der Waals surface area contributed by atoms with Crippen LogP contribution in [-0.4, -0.2) is 44.2 Å². The number of ether oxygens (including phenoxy) is 1. The van der Waals surface area contributed by atoms with Gasteiger partial charge in [0.15, 0.2) is 0 Å². The van der Waals surface area contributed by atoms with Crippen molar-refractivity contribution in [2.24, 2.45) is 0 Å². The van der Waals surface area contributed by atoms with Crippen LogP contribution in [0.1, 0.15) is 23.2 Å². The second-order valence-electron chi connectivity index (χ2n) is 4.93. The molecule has 1 aromatic carbocycles. The van der Waals surface area contributed by atoms with Crippen molar-refractivity contribution in [3.05, 3.63) is 23.8 Å². The van der Waals surface area contributed by atoms with E-state index in [1.54, 1.807) is 12.1 Å². The van der Waals surface area contributed by atoms with Crippen molar-refractivity contribution in [3.63, 3.8) is 0 Å². The van der Waals surface area contributed by atoms with E-state index in [4.69, 9.17) is 10.5 Å². The van der Waals surface area contributed by atoms with E-state index in [1.165, 1.54) is 20.0 Å². The number of carbonyl (C=O) groups excluding carboxylic acids is 1. The van der Waals surface area contributed by atoms with Crippen molar-refractivity contribution in [2.45, 2.75) is 18.9 Å². The average Bonchev–Trinajstić information content (AvgIpc) is 3.24. The Morgan fingerprint density at radius 2 is 2.26 bits per heavy atom. The van der Waals surface area contributed by atoms with Gasteiger partial charge in [0, 0.05) is 30.5 Å². The van der Waals surface area contributed by atoms with Crippen LogP contribution in [-0.2, 0) is 4.74 Å². The van der Waals surface area contributed by atoms with E-state index in [1.807, 2.05) is 6.07 Å². The summed E-state index contributed by atoms with van der Waals surface area (Å²) < 4.78 is 4.70. The number of esters is 1. The zero-order valence-electron chi connectivity index (χ0n) is 11.5. The fourth-order valence-electron chi connectivity index (χ4n) is 2.03. The first kappa shape index (κ1) is 13.7. The van der Waals surface area contributed by atoms with Gasteiger partial charge in [-0.1, -0.05) is 0 Å². The van der Waals surface area contributed by atoms with E-state index in [9.17, 15) is 4.79 Å². The van der Waals surface area contributed by atoms with Gasteiger partial charge in [-0.3, -0.25) is 0 Å². The van der Waals surface area contributed by atoms with Crippen LogP contribution in [0.15, 0.2) is 18.2 Å². The zero-order chi connectivity index (χ0) is 13.8. The number of nitrogens with two attached hydrogens (primary N) is 1. The molecule has 0 saturated heterocycles. The lowest BCUT2D eigenvalue weighted by Crippen LogP contribution is -2.27. The summed E-state index contributed by atoms with van der Waals surface area (Å²) in [6.45, 7) is 1.83. The summed E-state index contributed by atoms with van der Waals surface area (Å²) in [5.74, 6) is -0.406. The summed E-state index contributed by atoms with van der Waals surface area (Å²) in [6, 6.07) is 6.09. The highest BCUT2D eigenvalue weighted by atomic mass is 16.5. The molecule has 1 aliphatic rings. The Labute approximate surface area is 113 Å². The summed E-state index contributed by atoms with van der Waals surface area (Å²) in [5, 5.41) is 3.30. The standard InChI is InChI=1S/C14H21N3O2/c1-17(11-4-5-11)8-7-16-10-3-6-13(15)12(9-10)14(18)19-2/h3,6,9,11,16H,4-5,7-8,15H2,1-2H3. The lowest BCUT2D eigenvalue weighted by Gasteiger charge is -2.16. The smallest absolute Gasteiger partial charge is 0.340 e. The van der Waals surface area contributed by atoms with E-state index < -0.39 is 5.97 Å². The molecular formula is C14H21N3O2. The van der Waals surface area contributed by atoms with Gasteiger partial charge in [-0.05, 0) is 38.1 Å². The van der Waals surface area contributed by atoms with Gasteiger partial charge >= 0.3 is 5.97 Å². The molecule has 0 atom stereocenters. The molecule has 0 heterocycles. The molecule has 104 valence electrons. The van der Waals surface area contributed by atoms with Crippen LogP contribution in [0.25, 0.3) is 0 Å². The van der Waals surface area contributed by atoms with Gasteiger partial charge < -0.3 is 20.7 Å². The van der Waals surface area contributed by atoms with Gasteiger partial charge in [0.1, 0.15) is 0 Å². The molecular weight excluding hydrogens is 242 g/mol. The quantitative estimate of drug-likeness (QED) is 0.602. The van der Waals surface area contributed by atoms with Gasteiger partial charge in [-0.2, -0.15) is 0 Å². The van der Waals surface area contributed by atoms with Gasteiger partial charge in [-0.25, -0.2) is 4.79 Å². The largest absolute Gasteiger partial charge is 0.465 e. The summed E-state index contributed by atoms with van der Waals surface area (Å²) in [4.78, 5) is 13.9. The molecule has 0 aromatic heterocycles. The van der Waals surface area contributed by atoms with Gasteiger partial charge in [0.2, 0.25) is 0 Å². The molecule has 0 spiro atoms. The van der Waals surface area contributed by atoms with Crippen molar-refractivity contribution in [1.82, 2.24) is 4.90 Å². The number of hydrogen-bond donors (Lipinski definition) is 2. The lowest BCUT2D eigenvalue weighted by atomic mass is 10.1. The maximum atomic E-state index is 11.5. The molecule has 3 N–H and O–H groups in total. The number of carbonyl (C=O) groups is 1. The second kappa shape index (κ2) is 5.93. The first-order valence-electron chi connectivity index (χ1n) is 6.53. The van der Waals surface area contributed by atoms with E-state index in [0.29, 0.717) is 11.3 Å². The van der Waals surface area contributed by atoms with Crippen LogP contribution >= 0.6 is 0 Å². The number of rotatable bonds is 6. The molecule has 5 nitrogen and oxygen atoms in total. The average molecular weight is 263 g/mol. The first-order chi connectivity index (χ1) is 9.11. The maximum Gasteiger partial charge on any atom is 0.340 e. The predicted molar refractivity (Wildman–Crippen MR) is 76.3 cm³/mol. The number of nitrogens with one attached hydrogen (secondary N) is 1. The van der Waals surface area contributed by atoms with Crippen LogP contribution in [0.2, 0.25) is 0 Å². The molecule has 19 heavy (non-hydrogen) atoms. The van der Waals surface area contributed by atoms with E-state index in [0.717, 1.165) is 24.8 Å². The topological polar surface area (TPSA) is 67.6 Å². The molecule has 1 saturated carbocycles. The molecule has 0 unspecified atom stereocenters. The highest BCUT2D eigenvalue weighted by molar-refractivity contribution is 5.96. The van der Waals surface area contributed by atoms with Crippen LogP contribution < -0.4 is 11.1 Å². The van der Waals surface area contributed by atoms with Crippen molar-refractivity contribution >= 4 is 17.3 Å². The number of hydrogen-bond acceptors (Lipinski definition) is 5. The Hall–Kier alpha value is -1.75. The predicted octanol–water partition coefficient (Wildman–Crippen LogP) is 1.56. The third kappa shape index (κ3) is 3.61. The Morgan fingerprint density at radius 3 is 2.89 bits per heavy atom. The molecule has 5 heteroatoms. The minimum atomic E-state index is -0.406. The van der Waals surface area contributed by atoms with E-state index >= 15 is 0 Å². The Balaban J connectivity index is 1.90. The molecule has 2 rings (SSSR count). The highest BCUT2D eigenvalue weighted by Crippen LogP contribution is 2.25. The Morgan fingerprint density at radius 1 is 1.53 bits per heavy atom. The van der Waals surface area contributed by atoms with E-state index in [-0.39, 0.29) is 0 Å². The lowest BCUT2D eigenvalue weighted by molar-refractivity contribution is 0.0602. The number of nitrogen functional groups attached to an aromatic ring is 1. The number of methoxy groups -OCH3 is 1. The number of anilines is 2. The van der Waals surface area contributed by atoms with Crippen molar-refractivity contribution in [2.75, 3.05) is 38.3 Å². The number of likely N-dealkylation sites (N-methyl/N-ethyl adjacent to an activating group) is 1. The third-order valence-electron chi connectivity index (χ3n) is 3.42. The minimum absolute atomic E-state index is 0.406. The Bertz CT molecular complexity index is 458. The van der Waals surface area contributed by atoms with Crippen LogP contribution in [0.3, 0.4) is 0 Å². The minimum Gasteiger partial charge on any atom is -0.465 e. The summed E-state index contributed by atoms with van der Waals surface area (Å²) >= 11 is 0. The zero-order valence-corrected chi connectivity index (χ0v) is 11.5. The van der Waals surface area contributed by atoms with Gasteiger partial charge in [0.25, 0.3) is 0 Å². The van der Waals surface area contributed by atoms with Gasteiger partial charge in [-0.15, -0.1) is 0 Å². The molecule has 0 radical (unpaired) electrons. The first-order valence-corrected chi connectivity index (χ1v) is 6.53. The van der Waals surface area contributed by atoms with E-state index in [2.05, 4.69) is 17.3 Å². The summed E-state index contributed by atoms with van der Waals surface area (Å²) in [5.41, 5.74) is 7.48. The monoisotopic (exact) mass is 263 g/mol. The third-order valence-corrected chi connectivity index (χ3v) is 3.42. The van der Waals surface area contributed by atoms with Crippen molar-refractivity contribution in [3.8, 4) is 0 Å². The van der Waals surface area contributed by atoms with Gasteiger partial charge in [0.05, 0.1) is 12.7 Å². The number of benzene rings is 1. The Kier molecular flexibility index (Phi) is 4.27.